The Labute approximate surface area is 109 Å². The average molecular weight is 249 g/mol. The second kappa shape index (κ2) is 5.89. The maximum absolute atomic E-state index is 11.3. The van der Waals surface area contributed by atoms with Crippen molar-refractivity contribution in [3.63, 3.8) is 0 Å². The normalized spacial score (nSPS) is 14.0. The Morgan fingerprint density at radius 3 is 2.22 bits per heavy atom. The summed E-state index contributed by atoms with van der Waals surface area (Å²) in [5.41, 5.74) is 1.66. The lowest BCUT2D eigenvalue weighted by atomic mass is 9.87. The van der Waals surface area contributed by atoms with E-state index < -0.39 is 11.4 Å². The highest BCUT2D eigenvalue weighted by Gasteiger charge is 2.32. The summed E-state index contributed by atoms with van der Waals surface area (Å²) in [6.45, 7) is 6.36. The van der Waals surface area contributed by atoms with Crippen LogP contribution in [0.1, 0.15) is 32.8 Å². The minimum absolute atomic E-state index is 0.518. The molecule has 1 rings (SSSR count). The standard InChI is InChI=1S/C15H23NO2/c1-5-12-7-9-13(10-8-12)16(4)11-15(3,6-2)14(17)18/h7-10H,5-6,11H2,1-4H3,(H,17,18). The highest BCUT2D eigenvalue weighted by atomic mass is 16.4. The predicted molar refractivity (Wildman–Crippen MR) is 75.1 cm³/mol. The molecule has 0 aromatic heterocycles. The van der Waals surface area contributed by atoms with Crippen LogP contribution in [0.3, 0.4) is 0 Å². The van der Waals surface area contributed by atoms with E-state index in [-0.39, 0.29) is 0 Å². The lowest BCUT2D eigenvalue weighted by molar-refractivity contribution is -0.147. The summed E-state index contributed by atoms with van der Waals surface area (Å²) in [5.74, 6) is -0.734. The lowest BCUT2D eigenvalue weighted by Crippen LogP contribution is -2.39. The van der Waals surface area contributed by atoms with Gasteiger partial charge in [0.2, 0.25) is 0 Å². The van der Waals surface area contributed by atoms with Crippen LogP contribution in [0.15, 0.2) is 24.3 Å². The number of aryl methyl sites for hydroxylation is 1. The Bertz CT molecular complexity index is 399. The van der Waals surface area contributed by atoms with Gasteiger partial charge in [0.1, 0.15) is 0 Å². The maximum atomic E-state index is 11.3. The maximum Gasteiger partial charge on any atom is 0.311 e. The van der Waals surface area contributed by atoms with Gasteiger partial charge in [0.15, 0.2) is 0 Å². The van der Waals surface area contributed by atoms with Gasteiger partial charge in [-0.15, -0.1) is 0 Å². The third-order valence-corrected chi connectivity index (χ3v) is 3.67. The minimum atomic E-state index is -0.734. The Morgan fingerprint density at radius 1 is 1.28 bits per heavy atom. The number of carboxylic acid groups (broad SMARTS) is 1. The summed E-state index contributed by atoms with van der Waals surface area (Å²) in [5, 5.41) is 9.28. The van der Waals surface area contributed by atoms with Crippen LogP contribution >= 0.6 is 0 Å². The Hall–Kier alpha value is -1.51. The van der Waals surface area contributed by atoms with Gasteiger partial charge < -0.3 is 10.0 Å². The molecule has 1 aromatic rings. The zero-order valence-electron chi connectivity index (χ0n) is 11.7. The highest BCUT2D eigenvalue weighted by molar-refractivity contribution is 5.75. The van der Waals surface area contributed by atoms with E-state index in [1.54, 1.807) is 6.92 Å². The van der Waals surface area contributed by atoms with Gasteiger partial charge in [-0.3, -0.25) is 4.79 Å². The monoisotopic (exact) mass is 249 g/mol. The van der Waals surface area contributed by atoms with Crippen molar-refractivity contribution >= 4 is 11.7 Å². The molecule has 0 radical (unpaired) electrons. The Morgan fingerprint density at radius 2 is 1.83 bits per heavy atom. The molecule has 1 aromatic carbocycles. The third kappa shape index (κ3) is 3.25. The van der Waals surface area contributed by atoms with Crippen LogP contribution in [-0.4, -0.2) is 24.7 Å². The molecule has 0 amide bonds. The number of benzene rings is 1. The van der Waals surface area contributed by atoms with Gasteiger partial charge in [0.25, 0.3) is 0 Å². The van der Waals surface area contributed by atoms with Crippen molar-refractivity contribution in [3.8, 4) is 0 Å². The zero-order valence-corrected chi connectivity index (χ0v) is 11.7. The Kier molecular flexibility index (Phi) is 4.76. The van der Waals surface area contributed by atoms with Gasteiger partial charge in [-0.1, -0.05) is 26.0 Å². The summed E-state index contributed by atoms with van der Waals surface area (Å²) in [7, 11) is 1.94. The van der Waals surface area contributed by atoms with Gasteiger partial charge in [-0.25, -0.2) is 0 Å². The highest BCUT2D eigenvalue weighted by Crippen LogP contribution is 2.25. The lowest BCUT2D eigenvalue weighted by Gasteiger charge is -2.30. The molecule has 1 atom stereocenters. The van der Waals surface area contributed by atoms with Crippen molar-refractivity contribution in [3.05, 3.63) is 29.8 Å². The van der Waals surface area contributed by atoms with Crippen LogP contribution in [0.2, 0.25) is 0 Å². The number of aliphatic carboxylic acids is 1. The molecule has 0 aliphatic rings. The van der Waals surface area contributed by atoms with E-state index in [1.807, 2.05) is 18.9 Å². The van der Waals surface area contributed by atoms with Gasteiger partial charge >= 0.3 is 5.97 Å². The molecule has 0 spiro atoms. The van der Waals surface area contributed by atoms with E-state index >= 15 is 0 Å². The first kappa shape index (κ1) is 14.6. The molecule has 0 fully saturated rings. The molecule has 1 N–H and O–H groups in total. The molecule has 100 valence electrons. The van der Waals surface area contributed by atoms with Crippen LogP contribution in [0.4, 0.5) is 5.69 Å². The first-order valence-corrected chi connectivity index (χ1v) is 6.46. The SMILES string of the molecule is CCc1ccc(N(C)CC(C)(CC)C(=O)O)cc1. The summed E-state index contributed by atoms with van der Waals surface area (Å²) in [6, 6.07) is 8.29. The van der Waals surface area contributed by atoms with Gasteiger partial charge in [-0.2, -0.15) is 0 Å². The topological polar surface area (TPSA) is 40.5 Å². The van der Waals surface area contributed by atoms with E-state index in [9.17, 15) is 9.90 Å². The molecule has 0 heterocycles. The van der Waals surface area contributed by atoms with Crippen LogP contribution in [0, 0.1) is 5.41 Å². The number of rotatable bonds is 6. The van der Waals surface area contributed by atoms with Gasteiger partial charge in [-0.05, 0) is 37.5 Å². The van der Waals surface area contributed by atoms with E-state index in [0.717, 1.165) is 12.1 Å². The molecule has 0 bridgehead atoms. The molecule has 0 aliphatic carbocycles. The van der Waals surface area contributed by atoms with Crippen LogP contribution < -0.4 is 4.90 Å². The average Bonchev–Trinajstić information content (AvgIpc) is 2.38. The number of anilines is 1. The summed E-state index contributed by atoms with van der Waals surface area (Å²) in [4.78, 5) is 13.3. The second-order valence-electron chi connectivity index (χ2n) is 5.10. The van der Waals surface area contributed by atoms with E-state index in [2.05, 4.69) is 31.2 Å². The molecule has 1 unspecified atom stereocenters. The van der Waals surface area contributed by atoms with Crippen LogP contribution in [0.25, 0.3) is 0 Å². The smallest absolute Gasteiger partial charge is 0.311 e. The predicted octanol–water partition coefficient (Wildman–Crippen LogP) is 3.19. The second-order valence-corrected chi connectivity index (χ2v) is 5.10. The number of carbonyl (C=O) groups is 1. The van der Waals surface area contributed by atoms with Crippen molar-refractivity contribution in [2.24, 2.45) is 5.41 Å². The van der Waals surface area contributed by atoms with Gasteiger partial charge in [0, 0.05) is 19.3 Å². The quantitative estimate of drug-likeness (QED) is 0.841. The van der Waals surface area contributed by atoms with Crippen molar-refractivity contribution in [2.45, 2.75) is 33.6 Å². The van der Waals surface area contributed by atoms with Crippen molar-refractivity contribution in [1.29, 1.82) is 0 Å². The number of carboxylic acids is 1. The molecular weight excluding hydrogens is 226 g/mol. The number of nitrogens with zero attached hydrogens (tertiary/aromatic N) is 1. The fraction of sp³-hybridized carbons (Fsp3) is 0.533. The first-order chi connectivity index (χ1) is 8.42. The van der Waals surface area contributed by atoms with E-state index in [4.69, 9.17) is 0 Å². The van der Waals surface area contributed by atoms with Crippen molar-refractivity contribution in [1.82, 2.24) is 0 Å². The van der Waals surface area contributed by atoms with Crippen LogP contribution in [0.5, 0.6) is 0 Å². The largest absolute Gasteiger partial charge is 0.481 e. The zero-order chi connectivity index (χ0) is 13.8. The molecular formula is C15H23NO2. The minimum Gasteiger partial charge on any atom is -0.481 e. The van der Waals surface area contributed by atoms with E-state index in [1.165, 1.54) is 5.56 Å². The number of hydrogen-bond acceptors (Lipinski definition) is 2. The Balaban J connectivity index is 2.80. The van der Waals surface area contributed by atoms with E-state index in [0.29, 0.717) is 13.0 Å². The first-order valence-electron chi connectivity index (χ1n) is 6.46. The third-order valence-electron chi connectivity index (χ3n) is 3.67. The molecule has 0 saturated carbocycles. The summed E-state index contributed by atoms with van der Waals surface area (Å²) in [6.07, 6.45) is 1.64. The molecule has 3 nitrogen and oxygen atoms in total. The summed E-state index contributed by atoms with van der Waals surface area (Å²) < 4.78 is 0. The van der Waals surface area contributed by atoms with Crippen LogP contribution in [-0.2, 0) is 11.2 Å². The summed E-state index contributed by atoms with van der Waals surface area (Å²) >= 11 is 0. The molecule has 18 heavy (non-hydrogen) atoms. The van der Waals surface area contributed by atoms with Crippen molar-refractivity contribution in [2.75, 3.05) is 18.5 Å². The molecule has 0 aliphatic heterocycles. The fourth-order valence-electron chi connectivity index (χ4n) is 1.93. The molecule has 0 saturated heterocycles. The van der Waals surface area contributed by atoms with Gasteiger partial charge in [0.05, 0.1) is 5.41 Å². The van der Waals surface area contributed by atoms with Crippen molar-refractivity contribution < 1.29 is 9.90 Å². The fourth-order valence-corrected chi connectivity index (χ4v) is 1.93. The molecule has 3 heteroatoms. The number of hydrogen-bond donors (Lipinski definition) is 1.